The maximum atomic E-state index is 5.13. The molecule has 4 nitrogen and oxygen atoms in total. The molecule has 6 heteroatoms. The van der Waals surface area contributed by atoms with Crippen molar-refractivity contribution in [3.8, 4) is 0 Å². The van der Waals surface area contributed by atoms with Gasteiger partial charge in [0.25, 0.3) is 0 Å². The van der Waals surface area contributed by atoms with E-state index < -0.39 is 16.5 Å². The van der Waals surface area contributed by atoms with Gasteiger partial charge >= 0.3 is 0 Å². The van der Waals surface area contributed by atoms with Crippen LogP contribution in [0.2, 0.25) is 39.3 Å². The number of anilines is 2. The lowest BCUT2D eigenvalue weighted by molar-refractivity contribution is 1.09. The molecule has 0 aliphatic rings. The van der Waals surface area contributed by atoms with Gasteiger partial charge in [0.2, 0.25) is 0 Å². The van der Waals surface area contributed by atoms with E-state index in [2.05, 4.69) is 117 Å². The van der Waals surface area contributed by atoms with E-state index >= 15 is 0 Å². The van der Waals surface area contributed by atoms with Crippen molar-refractivity contribution in [3.63, 3.8) is 0 Å². The smallest absolute Gasteiger partial charge is 0.176 e. The third-order valence-electron chi connectivity index (χ3n) is 4.50. The number of benzene rings is 2. The standard InChI is InChI=1S/C23H36N4Si2/c1-9-23(25-27(29(6,7)8)22-18-14-11-15-19-22)20(2)24-26(28(3,4)5)21-16-12-10-13-17-21/h10-19H,9H2,1-8H3. The minimum atomic E-state index is -1.71. The lowest BCUT2D eigenvalue weighted by Gasteiger charge is -2.34. The van der Waals surface area contributed by atoms with E-state index in [-0.39, 0.29) is 0 Å². The van der Waals surface area contributed by atoms with Gasteiger partial charge in [0.05, 0.1) is 11.4 Å². The molecule has 0 amide bonds. The summed E-state index contributed by atoms with van der Waals surface area (Å²) in [7, 11) is -3.41. The number of hydrazone groups is 2. The average molecular weight is 425 g/mol. The van der Waals surface area contributed by atoms with Crippen molar-refractivity contribution < 1.29 is 0 Å². The number of hydrogen-bond donors (Lipinski definition) is 0. The fourth-order valence-corrected chi connectivity index (χ4v) is 5.77. The van der Waals surface area contributed by atoms with Crippen LogP contribution in [0.1, 0.15) is 20.3 Å². The Morgan fingerprint density at radius 2 is 1.07 bits per heavy atom. The molecule has 29 heavy (non-hydrogen) atoms. The number of hydrogen-bond acceptors (Lipinski definition) is 4. The predicted octanol–water partition coefficient (Wildman–Crippen LogP) is 6.81. The monoisotopic (exact) mass is 424 g/mol. The van der Waals surface area contributed by atoms with Gasteiger partial charge in [-0.25, -0.2) is 0 Å². The molecule has 2 aromatic carbocycles. The normalized spacial score (nSPS) is 13.4. The second-order valence-electron chi connectivity index (χ2n) is 9.22. The highest BCUT2D eigenvalue weighted by Gasteiger charge is 2.27. The summed E-state index contributed by atoms with van der Waals surface area (Å²) in [5.41, 5.74) is 4.32. The molecule has 0 heterocycles. The van der Waals surface area contributed by atoms with Gasteiger partial charge in [-0.05, 0) is 76.9 Å². The highest BCUT2D eigenvalue weighted by molar-refractivity contribution is 6.80. The third kappa shape index (κ3) is 6.40. The summed E-state index contributed by atoms with van der Waals surface area (Å²) >= 11 is 0. The largest absolute Gasteiger partial charge is 0.295 e. The fourth-order valence-electron chi connectivity index (χ4n) is 3.06. The van der Waals surface area contributed by atoms with Crippen molar-refractivity contribution >= 4 is 39.3 Å². The Hall–Kier alpha value is -2.19. The van der Waals surface area contributed by atoms with E-state index in [9.17, 15) is 0 Å². The van der Waals surface area contributed by atoms with Gasteiger partial charge in [-0.3, -0.25) is 9.35 Å². The van der Waals surface area contributed by atoms with E-state index in [0.29, 0.717) is 0 Å². The zero-order valence-electron chi connectivity index (χ0n) is 19.3. The van der Waals surface area contributed by atoms with Gasteiger partial charge in [-0.2, -0.15) is 10.2 Å². The highest BCUT2D eigenvalue weighted by atomic mass is 28.3. The Kier molecular flexibility index (Phi) is 7.60. The summed E-state index contributed by atoms with van der Waals surface area (Å²) < 4.78 is 4.47. The minimum absolute atomic E-state index is 0.845. The maximum Gasteiger partial charge on any atom is 0.176 e. The first kappa shape index (κ1) is 23.1. The van der Waals surface area contributed by atoms with Crippen LogP contribution in [-0.2, 0) is 0 Å². The zero-order chi connectivity index (χ0) is 21.7. The average Bonchev–Trinajstić information content (AvgIpc) is 2.66. The third-order valence-corrected chi connectivity index (χ3v) is 7.75. The molecule has 0 saturated carbocycles. The molecule has 2 aromatic rings. The first-order valence-electron chi connectivity index (χ1n) is 10.4. The maximum absolute atomic E-state index is 5.13. The molecule has 156 valence electrons. The number of para-hydroxylation sites is 2. The molecular weight excluding hydrogens is 388 g/mol. The molecule has 0 N–H and O–H groups in total. The van der Waals surface area contributed by atoms with Crippen molar-refractivity contribution in [1.29, 1.82) is 0 Å². The van der Waals surface area contributed by atoms with Gasteiger partial charge < -0.3 is 0 Å². The molecule has 0 radical (unpaired) electrons. The predicted molar refractivity (Wildman–Crippen MR) is 135 cm³/mol. The van der Waals surface area contributed by atoms with E-state index in [1.807, 2.05) is 6.07 Å². The molecule has 0 bridgehead atoms. The van der Waals surface area contributed by atoms with Gasteiger partial charge in [-0.15, -0.1) is 0 Å². The van der Waals surface area contributed by atoms with Gasteiger partial charge in [0.1, 0.15) is 0 Å². The molecule has 2 rings (SSSR count). The first-order valence-corrected chi connectivity index (χ1v) is 17.3. The van der Waals surface area contributed by atoms with Crippen LogP contribution in [-0.4, -0.2) is 27.9 Å². The van der Waals surface area contributed by atoms with Crippen molar-refractivity contribution in [2.45, 2.75) is 59.6 Å². The van der Waals surface area contributed by atoms with Crippen molar-refractivity contribution in [2.24, 2.45) is 10.2 Å². The van der Waals surface area contributed by atoms with Crippen LogP contribution in [0.4, 0.5) is 11.4 Å². The first-order chi connectivity index (χ1) is 13.5. The summed E-state index contributed by atoms with van der Waals surface area (Å²) in [6.45, 7) is 18.2. The van der Waals surface area contributed by atoms with E-state index in [1.165, 1.54) is 0 Å². The molecule has 0 spiro atoms. The molecule has 0 saturated heterocycles. The molecular formula is C23H36N4Si2. The Balaban J connectivity index is 2.49. The highest BCUT2D eigenvalue weighted by Crippen LogP contribution is 2.24. The van der Waals surface area contributed by atoms with Crippen LogP contribution in [0.25, 0.3) is 0 Å². The van der Waals surface area contributed by atoms with E-state index in [1.54, 1.807) is 0 Å². The van der Waals surface area contributed by atoms with Crippen LogP contribution in [0.3, 0.4) is 0 Å². The molecule has 0 aliphatic heterocycles. The fraction of sp³-hybridized carbons (Fsp3) is 0.391. The Morgan fingerprint density at radius 1 is 0.690 bits per heavy atom. The second-order valence-corrected chi connectivity index (χ2v) is 18.8. The lowest BCUT2D eigenvalue weighted by Crippen LogP contribution is -2.45. The Bertz CT molecular complexity index is 835. The summed E-state index contributed by atoms with van der Waals surface area (Å²) in [6.07, 6.45) is 0.845. The Morgan fingerprint density at radius 3 is 1.41 bits per heavy atom. The van der Waals surface area contributed by atoms with Crippen molar-refractivity contribution in [1.82, 2.24) is 0 Å². The van der Waals surface area contributed by atoms with Gasteiger partial charge in [0.15, 0.2) is 16.5 Å². The van der Waals surface area contributed by atoms with Crippen LogP contribution in [0.5, 0.6) is 0 Å². The molecule has 0 fully saturated rings. The van der Waals surface area contributed by atoms with E-state index in [0.717, 1.165) is 29.2 Å². The van der Waals surface area contributed by atoms with Crippen LogP contribution in [0, 0.1) is 0 Å². The number of nitrogens with zero attached hydrogens (tertiary/aromatic N) is 4. The molecule has 0 aliphatic carbocycles. The second kappa shape index (κ2) is 9.54. The van der Waals surface area contributed by atoms with Crippen LogP contribution >= 0.6 is 0 Å². The van der Waals surface area contributed by atoms with Gasteiger partial charge in [-0.1, -0.05) is 43.3 Å². The van der Waals surface area contributed by atoms with Crippen LogP contribution < -0.4 is 9.35 Å². The minimum Gasteiger partial charge on any atom is -0.295 e. The number of rotatable bonds is 8. The molecule has 0 aromatic heterocycles. The summed E-state index contributed by atoms with van der Waals surface area (Å²) in [4.78, 5) is 0. The van der Waals surface area contributed by atoms with Crippen LogP contribution in [0.15, 0.2) is 70.9 Å². The molecule has 0 unspecified atom stereocenters. The van der Waals surface area contributed by atoms with Crippen molar-refractivity contribution in [3.05, 3.63) is 60.7 Å². The quantitative estimate of drug-likeness (QED) is 0.265. The summed E-state index contributed by atoms with van der Waals surface area (Å²) in [5, 5.41) is 10.2. The SMILES string of the molecule is CCC(=NN(c1ccccc1)[Si](C)(C)C)C(C)=NN(c1ccccc1)[Si](C)(C)C. The summed E-state index contributed by atoms with van der Waals surface area (Å²) in [6, 6.07) is 20.9. The lowest BCUT2D eigenvalue weighted by atomic mass is 10.2. The van der Waals surface area contributed by atoms with E-state index in [4.69, 9.17) is 10.2 Å². The van der Waals surface area contributed by atoms with Crippen molar-refractivity contribution in [2.75, 3.05) is 9.35 Å². The zero-order valence-corrected chi connectivity index (χ0v) is 21.3. The summed E-state index contributed by atoms with van der Waals surface area (Å²) in [5.74, 6) is 0. The molecule has 0 atom stereocenters. The van der Waals surface area contributed by atoms with Gasteiger partial charge in [0, 0.05) is 11.4 Å². The Labute approximate surface area is 179 Å². The topological polar surface area (TPSA) is 31.2 Å².